The highest BCUT2D eigenvalue weighted by Gasteiger charge is 2.48. The number of fused-ring (bicyclic) bond motifs is 9. The number of benzene rings is 11. The van der Waals surface area contributed by atoms with Crippen LogP contribution in [0.2, 0.25) is 0 Å². The highest BCUT2D eigenvalue weighted by atomic mass is 32.1. The molecule has 0 bridgehead atoms. The fourth-order valence-corrected chi connectivity index (χ4v) is 18.8. The molecule has 0 radical (unpaired) electrons. The smallest absolute Gasteiger partial charge is 0.180 e. The summed E-state index contributed by atoms with van der Waals surface area (Å²) in [6.07, 6.45) is 0. The summed E-state index contributed by atoms with van der Waals surface area (Å²) in [4.78, 5) is 2.51. The average Bonchev–Trinajstić information content (AvgIpc) is 4.06. The van der Waals surface area contributed by atoms with Gasteiger partial charge in [0.05, 0.1) is 0 Å². The van der Waals surface area contributed by atoms with Gasteiger partial charge in [-0.3, -0.25) is 0 Å². The number of anilines is 3. The highest BCUT2D eigenvalue weighted by molar-refractivity contribution is 7.26. The summed E-state index contributed by atoms with van der Waals surface area (Å²) in [5.41, 5.74) is 17.2. The summed E-state index contributed by atoms with van der Waals surface area (Å²) in [7, 11) is -2.78. The van der Waals surface area contributed by atoms with Gasteiger partial charge in [0.1, 0.15) is 0 Å². The third-order valence-corrected chi connectivity index (χ3v) is 21.6. The Balaban J connectivity index is 0.993. The van der Waals surface area contributed by atoms with Crippen molar-refractivity contribution in [3.63, 3.8) is 0 Å². The van der Waals surface area contributed by atoms with Gasteiger partial charge in [-0.15, -0.1) is 11.3 Å². The predicted molar refractivity (Wildman–Crippen MR) is 305 cm³/mol. The van der Waals surface area contributed by atoms with Crippen LogP contribution >= 0.6 is 11.3 Å². The fourth-order valence-electron chi connectivity index (χ4n) is 12.4. The number of hydrogen-bond donors (Lipinski definition) is 0. The van der Waals surface area contributed by atoms with Crippen molar-refractivity contribution in [3.05, 3.63) is 284 Å². The van der Waals surface area contributed by atoms with Crippen molar-refractivity contribution in [2.45, 2.75) is 12.3 Å². The molecule has 11 aromatic carbocycles. The zero-order valence-corrected chi connectivity index (χ0v) is 41.1. The third kappa shape index (κ3) is 6.30. The molecule has 1 nitrogen and oxygen atoms in total. The van der Waals surface area contributed by atoms with Gasteiger partial charge in [0, 0.05) is 42.6 Å². The van der Waals surface area contributed by atoms with E-state index in [1.807, 2.05) is 11.3 Å². The Bertz CT molecular complexity index is 3980. The summed E-state index contributed by atoms with van der Waals surface area (Å²) in [6.45, 7) is 2.41. The van der Waals surface area contributed by atoms with Crippen molar-refractivity contribution in [3.8, 4) is 44.5 Å². The number of nitrogens with zero attached hydrogens (tertiary/aromatic N) is 1. The van der Waals surface area contributed by atoms with Crippen molar-refractivity contribution >= 4 is 77.4 Å². The van der Waals surface area contributed by atoms with Crippen molar-refractivity contribution in [2.24, 2.45) is 0 Å². The zero-order chi connectivity index (χ0) is 47.1. The van der Waals surface area contributed by atoms with E-state index in [0.29, 0.717) is 0 Å². The molecule has 1 atom stereocenters. The van der Waals surface area contributed by atoms with Gasteiger partial charge < -0.3 is 4.90 Å². The van der Waals surface area contributed by atoms with E-state index in [2.05, 4.69) is 279 Å². The Hall–Kier alpha value is -8.34. The Labute approximate surface area is 420 Å². The summed E-state index contributed by atoms with van der Waals surface area (Å²) < 4.78 is 2.58. The molecule has 71 heavy (non-hydrogen) atoms. The molecular weight excluding hydrogens is 891 g/mol. The molecule has 1 aliphatic carbocycles. The molecule has 2 aliphatic rings. The lowest BCUT2D eigenvalue weighted by Gasteiger charge is -2.33. The van der Waals surface area contributed by atoms with Crippen LogP contribution in [0.25, 0.3) is 64.7 Å². The molecule has 0 fully saturated rings. The largest absolute Gasteiger partial charge is 0.310 e. The molecule has 0 saturated heterocycles. The minimum absolute atomic E-state index is 0.302. The highest BCUT2D eigenvalue weighted by Crippen LogP contribution is 2.54. The zero-order valence-electron chi connectivity index (χ0n) is 39.3. The average molecular weight is 938 g/mol. The van der Waals surface area contributed by atoms with Crippen LogP contribution in [0.15, 0.2) is 267 Å². The molecule has 1 aromatic heterocycles. The monoisotopic (exact) mass is 937 g/mol. The summed E-state index contributed by atoms with van der Waals surface area (Å²) in [6, 6.07) is 100. The third-order valence-electron chi connectivity index (χ3n) is 15.6. The fraction of sp³-hybridized carbons (Fsp3) is 0.0294. The minimum atomic E-state index is -2.78. The number of thiophene rings is 1. The Morgan fingerprint density at radius 2 is 0.901 bits per heavy atom. The molecule has 1 aliphatic heterocycles. The van der Waals surface area contributed by atoms with Gasteiger partial charge in [-0.05, 0) is 137 Å². The first-order valence-electron chi connectivity index (χ1n) is 24.7. The quantitative estimate of drug-likeness (QED) is 0.137. The van der Waals surface area contributed by atoms with E-state index in [4.69, 9.17) is 0 Å². The Morgan fingerprint density at radius 3 is 1.68 bits per heavy atom. The van der Waals surface area contributed by atoms with Crippen LogP contribution in [0.1, 0.15) is 23.6 Å². The first-order valence-corrected chi connectivity index (χ1v) is 27.5. The van der Waals surface area contributed by atoms with Crippen molar-refractivity contribution in [2.75, 3.05) is 4.90 Å². The molecular formula is C68H47NSSi. The number of hydrogen-bond acceptors (Lipinski definition) is 2. The molecule has 3 heteroatoms. The van der Waals surface area contributed by atoms with Gasteiger partial charge >= 0.3 is 0 Å². The van der Waals surface area contributed by atoms with Gasteiger partial charge in [-0.25, -0.2) is 0 Å². The van der Waals surface area contributed by atoms with Gasteiger partial charge in [-0.2, -0.15) is 0 Å². The van der Waals surface area contributed by atoms with E-state index in [1.165, 1.54) is 102 Å². The van der Waals surface area contributed by atoms with E-state index in [-0.39, 0.29) is 5.41 Å². The van der Waals surface area contributed by atoms with Crippen LogP contribution in [0.4, 0.5) is 17.1 Å². The van der Waals surface area contributed by atoms with Gasteiger partial charge in [0.15, 0.2) is 8.07 Å². The molecule has 0 spiro atoms. The Morgan fingerprint density at radius 1 is 0.338 bits per heavy atom. The minimum Gasteiger partial charge on any atom is -0.310 e. The van der Waals surface area contributed by atoms with Crippen LogP contribution in [0, 0.1) is 0 Å². The molecule has 14 rings (SSSR count). The van der Waals surface area contributed by atoms with Crippen molar-refractivity contribution < 1.29 is 0 Å². The summed E-state index contributed by atoms with van der Waals surface area (Å²) in [5, 5.41) is 8.24. The number of rotatable bonds is 8. The summed E-state index contributed by atoms with van der Waals surface area (Å²) in [5.74, 6) is 0. The standard InChI is InChI=1S/C68H47NSSi/c1-68(48-22-7-3-8-23-48)62-32-15-11-28-55(62)56-39-36-47(42-63(56)68)54-40-37-50(44-61(54)46-20-5-2-6-21-46)69(51-38-41-58-57-29-12-16-33-64(57)70-65(58)45-51)49-24-19-27-53(43-49)71(52-25-9-4-10-26-52)66-34-17-13-30-59(66)60-31-14-18-35-67(60)71/h2-45H,1H3. The van der Waals surface area contributed by atoms with E-state index in [9.17, 15) is 0 Å². The van der Waals surface area contributed by atoms with E-state index in [1.54, 1.807) is 0 Å². The molecule has 2 heterocycles. The van der Waals surface area contributed by atoms with E-state index in [0.717, 1.165) is 17.1 Å². The van der Waals surface area contributed by atoms with E-state index >= 15 is 0 Å². The summed E-state index contributed by atoms with van der Waals surface area (Å²) >= 11 is 1.87. The van der Waals surface area contributed by atoms with Crippen LogP contribution < -0.4 is 25.6 Å². The molecule has 334 valence electrons. The van der Waals surface area contributed by atoms with Crippen molar-refractivity contribution in [1.82, 2.24) is 0 Å². The predicted octanol–water partition coefficient (Wildman–Crippen LogP) is 15.6. The van der Waals surface area contributed by atoms with Crippen molar-refractivity contribution in [1.29, 1.82) is 0 Å². The molecule has 0 N–H and O–H groups in total. The van der Waals surface area contributed by atoms with Gasteiger partial charge in [0.2, 0.25) is 0 Å². The van der Waals surface area contributed by atoms with Crippen LogP contribution in [-0.4, -0.2) is 8.07 Å². The first-order chi connectivity index (χ1) is 35.1. The first kappa shape index (κ1) is 41.6. The topological polar surface area (TPSA) is 3.24 Å². The molecule has 0 amide bonds. The normalized spacial score (nSPS) is 15.0. The molecule has 12 aromatic rings. The van der Waals surface area contributed by atoms with Crippen LogP contribution in [0.5, 0.6) is 0 Å². The lowest BCUT2D eigenvalue weighted by Crippen LogP contribution is -2.72. The van der Waals surface area contributed by atoms with E-state index < -0.39 is 8.07 Å². The van der Waals surface area contributed by atoms with Crippen LogP contribution in [0.3, 0.4) is 0 Å². The molecule has 1 unspecified atom stereocenters. The molecule has 0 saturated carbocycles. The second-order valence-corrected chi connectivity index (χ2v) is 24.1. The van der Waals surface area contributed by atoms with Gasteiger partial charge in [0.25, 0.3) is 0 Å². The lowest BCUT2D eigenvalue weighted by molar-refractivity contribution is 0.714. The maximum absolute atomic E-state index is 2.78. The Kier molecular flexibility index (Phi) is 9.60. The second-order valence-electron chi connectivity index (χ2n) is 19.3. The lowest BCUT2D eigenvalue weighted by atomic mass is 9.74. The van der Waals surface area contributed by atoms with Crippen LogP contribution in [-0.2, 0) is 5.41 Å². The second kappa shape index (κ2) is 16.4. The maximum atomic E-state index is 2.52. The SMILES string of the molecule is CC1(c2ccccc2)c2ccccc2-c2ccc(-c3ccc(N(c4cccc([Si]5(c6ccccc6)c6ccccc6-c6ccccc65)c4)c4ccc5c(c4)sc4ccccc45)cc3-c3ccccc3)cc21. The maximum Gasteiger partial charge on any atom is 0.180 e. The van der Waals surface area contributed by atoms with Gasteiger partial charge in [-0.1, -0.05) is 218 Å².